The molecule has 8 heteroatoms. The fraction of sp³-hybridized carbons (Fsp3) is 0.160. The zero-order valence-electron chi connectivity index (χ0n) is 18.4. The number of primary amides is 1. The molecule has 170 valence electrons. The van der Waals surface area contributed by atoms with Crippen LogP contribution in [0.5, 0.6) is 11.5 Å². The highest BCUT2D eigenvalue weighted by Gasteiger charge is 2.08. The molecular weight excluding hydrogens is 420 g/mol. The van der Waals surface area contributed by atoms with Crippen LogP contribution in [-0.4, -0.2) is 23.9 Å². The number of nitrogens with two attached hydrogens (primary N) is 1. The number of hydrogen-bond donors (Lipinski definition) is 4. The van der Waals surface area contributed by atoms with Gasteiger partial charge in [0.15, 0.2) is 0 Å². The average Bonchev–Trinajstić information content (AvgIpc) is 2.78. The van der Waals surface area contributed by atoms with E-state index in [-0.39, 0.29) is 18.0 Å². The van der Waals surface area contributed by atoms with Gasteiger partial charge in [-0.05, 0) is 80.1 Å². The van der Waals surface area contributed by atoms with Gasteiger partial charge in [0.25, 0.3) is 5.91 Å². The Bertz CT molecular complexity index is 1110. The maximum absolute atomic E-state index is 12.4. The zero-order valence-corrected chi connectivity index (χ0v) is 18.4. The smallest absolute Gasteiger partial charge is 0.319 e. The van der Waals surface area contributed by atoms with Crippen molar-refractivity contribution < 1.29 is 19.1 Å². The molecule has 0 aliphatic rings. The molecule has 0 unspecified atom stereocenters. The summed E-state index contributed by atoms with van der Waals surface area (Å²) in [7, 11) is 0. The second-order valence-electron chi connectivity index (χ2n) is 7.65. The number of urea groups is 1. The van der Waals surface area contributed by atoms with Crippen LogP contribution >= 0.6 is 0 Å². The van der Waals surface area contributed by atoms with Gasteiger partial charge in [0.05, 0.1) is 0 Å². The number of rotatable bonds is 8. The average molecular weight is 447 g/mol. The number of carbonyl (C=O) groups is 3. The normalized spacial score (nSPS) is 10.4. The van der Waals surface area contributed by atoms with Gasteiger partial charge >= 0.3 is 6.03 Å². The lowest BCUT2D eigenvalue weighted by Crippen LogP contribution is -2.34. The molecular formula is C25H26N4O4. The number of benzene rings is 3. The van der Waals surface area contributed by atoms with Crippen molar-refractivity contribution in [1.82, 2.24) is 10.6 Å². The lowest BCUT2D eigenvalue weighted by atomic mass is 10.1. The van der Waals surface area contributed by atoms with E-state index in [0.717, 1.165) is 5.56 Å². The molecule has 0 bridgehead atoms. The van der Waals surface area contributed by atoms with Crippen LogP contribution in [0.15, 0.2) is 72.8 Å². The van der Waals surface area contributed by atoms with Gasteiger partial charge in [-0.1, -0.05) is 12.1 Å². The molecule has 0 aromatic heterocycles. The van der Waals surface area contributed by atoms with E-state index in [0.29, 0.717) is 34.9 Å². The Kier molecular flexibility index (Phi) is 7.64. The summed E-state index contributed by atoms with van der Waals surface area (Å²) in [4.78, 5) is 35.3. The van der Waals surface area contributed by atoms with Crippen LogP contribution in [0.4, 0.5) is 10.5 Å². The van der Waals surface area contributed by atoms with Crippen molar-refractivity contribution in [3.8, 4) is 11.5 Å². The Hall–Kier alpha value is -4.33. The molecule has 0 radical (unpaired) electrons. The van der Waals surface area contributed by atoms with Gasteiger partial charge in [-0.25, -0.2) is 4.79 Å². The molecule has 0 spiro atoms. The number of ether oxygens (including phenoxy) is 1. The lowest BCUT2D eigenvalue weighted by Gasteiger charge is -2.11. The summed E-state index contributed by atoms with van der Waals surface area (Å²) in [5, 5.41) is 8.37. The fourth-order valence-electron chi connectivity index (χ4n) is 2.92. The molecule has 0 fully saturated rings. The Balaban J connectivity index is 1.50. The number of carbonyl (C=O) groups excluding carboxylic acids is 3. The molecule has 0 saturated carbocycles. The van der Waals surface area contributed by atoms with Crippen molar-refractivity contribution in [2.24, 2.45) is 5.73 Å². The van der Waals surface area contributed by atoms with Crippen LogP contribution in [0.3, 0.4) is 0 Å². The number of amides is 4. The number of nitrogens with one attached hydrogen (secondary N) is 3. The predicted octanol–water partition coefficient (Wildman–Crippen LogP) is 4.04. The van der Waals surface area contributed by atoms with Gasteiger partial charge in [-0.3, -0.25) is 9.59 Å². The monoisotopic (exact) mass is 446 g/mol. The van der Waals surface area contributed by atoms with Gasteiger partial charge in [0, 0.05) is 29.4 Å². The van der Waals surface area contributed by atoms with Crippen molar-refractivity contribution in [2.45, 2.75) is 26.4 Å². The van der Waals surface area contributed by atoms with Crippen LogP contribution in [0.1, 0.15) is 40.1 Å². The molecule has 4 amide bonds. The summed E-state index contributed by atoms with van der Waals surface area (Å²) in [6.45, 7) is 4.12. The minimum Gasteiger partial charge on any atom is -0.457 e. The van der Waals surface area contributed by atoms with Gasteiger partial charge in [-0.2, -0.15) is 0 Å². The highest BCUT2D eigenvalue weighted by atomic mass is 16.5. The Morgan fingerprint density at radius 3 is 1.88 bits per heavy atom. The molecule has 0 atom stereocenters. The van der Waals surface area contributed by atoms with E-state index in [9.17, 15) is 14.4 Å². The van der Waals surface area contributed by atoms with Gasteiger partial charge in [0.2, 0.25) is 5.91 Å². The Labute approximate surface area is 192 Å². The largest absolute Gasteiger partial charge is 0.457 e. The molecule has 3 aromatic rings. The summed E-state index contributed by atoms with van der Waals surface area (Å²) >= 11 is 0. The van der Waals surface area contributed by atoms with Crippen molar-refractivity contribution in [3.63, 3.8) is 0 Å². The van der Waals surface area contributed by atoms with Gasteiger partial charge in [-0.15, -0.1) is 0 Å². The first kappa shape index (κ1) is 23.3. The minimum atomic E-state index is -0.501. The molecule has 0 aliphatic carbocycles. The Morgan fingerprint density at radius 2 is 1.36 bits per heavy atom. The van der Waals surface area contributed by atoms with Gasteiger partial charge < -0.3 is 26.4 Å². The first-order chi connectivity index (χ1) is 15.8. The molecule has 3 aromatic carbocycles. The summed E-state index contributed by atoms with van der Waals surface area (Å²) in [6, 6.07) is 20.2. The van der Waals surface area contributed by atoms with E-state index in [2.05, 4.69) is 16.0 Å². The first-order valence-corrected chi connectivity index (χ1v) is 10.4. The standard InChI is InChI=1S/C25H26N4O4/c1-16(2)28-25(32)29-20-9-3-17(4-10-20)15-27-24(31)19-7-13-22(14-8-19)33-21-11-5-18(6-12-21)23(26)30/h3-14,16H,15H2,1-2H3,(H2,26,30)(H,27,31)(H2,28,29,32). The van der Waals surface area contributed by atoms with Gasteiger partial charge in [0.1, 0.15) is 11.5 Å². The number of anilines is 1. The quantitative estimate of drug-likeness (QED) is 0.417. The molecule has 3 rings (SSSR count). The predicted molar refractivity (Wildman–Crippen MR) is 126 cm³/mol. The third kappa shape index (κ3) is 7.10. The van der Waals surface area contributed by atoms with E-state index >= 15 is 0 Å². The second kappa shape index (κ2) is 10.8. The maximum atomic E-state index is 12.4. The summed E-state index contributed by atoms with van der Waals surface area (Å²) in [6.07, 6.45) is 0. The van der Waals surface area contributed by atoms with E-state index in [4.69, 9.17) is 10.5 Å². The molecule has 0 saturated heterocycles. The van der Waals surface area contributed by atoms with Crippen LogP contribution < -0.4 is 26.4 Å². The third-order valence-electron chi connectivity index (χ3n) is 4.58. The second-order valence-corrected chi connectivity index (χ2v) is 7.65. The van der Waals surface area contributed by atoms with E-state index in [1.54, 1.807) is 60.7 Å². The highest BCUT2D eigenvalue weighted by Crippen LogP contribution is 2.22. The molecule has 0 heterocycles. The molecule has 8 nitrogen and oxygen atoms in total. The van der Waals surface area contributed by atoms with Crippen molar-refractivity contribution in [2.75, 3.05) is 5.32 Å². The zero-order chi connectivity index (χ0) is 23.8. The van der Waals surface area contributed by atoms with Crippen LogP contribution in [-0.2, 0) is 6.54 Å². The molecule has 5 N–H and O–H groups in total. The van der Waals surface area contributed by atoms with E-state index in [1.165, 1.54) is 0 Å². The summed E-state index contributed by atoms with van der Waals surface area (Å²) in [5.74, 6) is 0.393. The lowest BCUT2D eigenvalue weighted by molar-refractivity contribution is 0.0949. The SMILES string of the molecule is CC(C)NC(=O)Nc1ccc(CNC(=O)c2ccc(Oc3ccc(C(N)=O)cc3)cc2)cc1. The topological polar surface area (TPSA) is 123 Å². The summed E-state index contributed by atoms with van der Waals surface area (Å²) in [5.41, 5.74) is 7.69. The molecule has 0 aliphatic heterocycles. The van der Waals surface area contributed by atoms with Crippen molar-refractivity contribution in [1.29, 1.82) is 0 Å². The maximum Gasteiger partial charge on any atom is 0.319 e. The third-order valence-corrected chi connectivity index (χ3v) is 4.58. The number of hydrogen-bond acceptors (Lipinski definition) is 4. The van der Waals surface area contributed by atoms with Crippen molar-refractivity contribution in [3.05, 3.63) is 89.5 Å². The van der Waals surface area contributed by atoms with Crippen LogP contribution in [0.2, 0.25) is 0 Å². The summed E-state index contributed by atoms with van der Waals surface area (Å²) < 4.78 is 5.72. The minimum absolute atomic E-state index is 0.0509. The highest BCUT2D eigenvalue weighted by molar-refractivity contribution is 5.94. The molecule has 33 heavy (non-hydrogen) atoms. The van der Waals surface area contributed by atoms with E-state index in [1.807, 2.05) is 26.0 Å². The van der Waals surface area contributed by atoms with Crippen LogP contribution in [0, 0.1) is 0 Å². The fourth-order valence-corrected chi connectivity index (χ4v) is 2.92. The first-order valence-electron chi connectivity index (χ1n) is 10.4. The Morgan fingerprint density at radius 1 is 0.818 bits per heavy atom. The van der Waals surface area contributed by atoms with E-state index < -0.39 is 5.91 Å². The van der Waals surface area contributed by atoms with Crippen molar-refractivity contribution >= 4 is 23.5 Å². The van der Waals surface area contributed by atoms with Crippen LogP contribution in [0.25, 0.3) is 0 Å².